The van der Waals surface area contributed by atoms with Crippen LogP contribution in [-0.4, -0.2) is 29.9 Å². The normalized spacial score (nSPS) is 10.3. The van der Waals surface area contributed by atoms with E-state index in [1.807, 2.05) is 7.05 Å². The highest BCUT2D eigenvalue weighted by Gasteiger charge is 2.12. The fourth-order valence-corrected chi connectivity index (χ4v) is 2.37. The Morgan fingerprint density at radius 1 is 1.33 bits per heavy atom. The first-order valence-electron chi connectivity index (χ1n) is 6.23. The van der Waals surface area contributed by atoms with Crippen molar-refractivity contribution in [3.05, 3.63) is 40.1 Å². The Labute approximate surface area is 131 Å². The molecule has 1 aromatic carbocycles. The Morgan fingerprint density at radius 2 is 2.05 bits per heavy atom. The van der Waals surface area contributed by atoms with Crippen molar-refractivity contribution in [2.24, 2.45) is 7.05 Å². The molecule has 2 rings (SSSR count). The van der Waals surface area contributed by atoms with E-state index < -0.39 is 0 Å². The van der Waals surface area contributed by atoms with Crippen LogP contribution in [0.5, 0.6) is 11.5 Å². The molecule has 0 saturated heterocycles. The molecule has 1 amide bonds. The fourth-order valence-electron chi connectivity index (χ4n) is 1.88. The van der Waals surface area contributed by atoms with Gasteiger partial charge in [0, 0.05) is 12.6 Å². The molecule has 6 nitrogen and oxygen atoms in total. The standard InChI is InChI=1S/C14H16BrN3O3/c1-18-11(10(15)7-17-18)8-16-14(19)9-4-5-12(20-2)13(6-9)21-3/h4-7H,8H2,1-3H3,(H,16,19). The van der Waals surface area contributed by atoms with Crippen LogP contribution >= 0.6 is 15.9 Å². The Hall–Kier alpha value is -2.02. The lowest BCUT2D eigenvalue weighted by atomic mass is 10.2. The molecule has 0 bridgehead atoms. The van der Waals surface area contributed by atoms with Crippen LogP contribution in [0.4, 0.5) is 0 Å². The number of ether oxygens (including phenoxy) is 2. The van der Waals surface area contributed by atoms with E-state index in [4.69, 9.17) is 9.47 Å². The maximum Gasteiger partial charge on any atom is 0.251 e. The number of hydrogen-bond acceptors (Lipinski definition) is 4. The minimum atomic E-state index is -0.191. The summed E-state index contributed by atoms with van der Waals surface area (Å²) in [6.45, 7) is 0.379. The topological polar surface area (TPSA) is 65.4 Å². The zero-order valence-corrected chi connectivity index (χ0v) is 13.6. The van der Waals surface area contributed by atoms with E-state index in [0.29, 0.717) is 23.6 Å². The highest BCUT2D eigenvalue weighted by molar-refractivity contribution is 9.10. The van der Waals surface area contributed by atoms with E-state index in [-0.39, 0.29) is 5.91 Å². The number of aromatic nitrogens is 2. The average Bonchev–Trinajstić information content (AvgIpc) is 2.82. The predicted octanol–water partition coefficient (Wildman–Crippen LogP) is 2.13. The van der Waals surface area contributed by atoms with Crippen molar-refractivity contribution in [1.29, 1.82) is 0 Å². The van der Waals surface area contributed by atoms with Gasteiger partial charge in [0.1, 0.15) is 0 Å². The summed E-state index contributed by atoms with van der Waals surface area (Å²) in [5, 5.41) is 6.94. The van der Waals surface area contributed by atoms with Gasteiger partial charge < -0.3 is 14.8 Å². The quantitative estimate of drug-likeness (QED) is 0.894. The summed E-state index contributed by atoms with van der Waals surface area (Å²) in [6.07, 6.45) is 1.69. The number of methoxy groups -OCH3 is 2. The summed E-state index contributed by atoms with van der Waals surface area (Å²) in [5.41, 5.74) is 1.40. The molecular weight excluding hydrogens is 338 g/mol. The van der Waals surface area contributed by atoms with E-state index >= 15 is 0 Å². The molecule has 1 heterocycles. The van der Waals surface area contributed by atoms with E-state index in [9.17, 15) is 4.79 Å². The third-order valence-electron chi connectivity index (χ3n) is 3.07. The molecule has 112 valence electrons. The van der Waals surface area contributed by atoms with Gasteiger partial charge in [-0.25, -0.2) is 0 Å². The first kappa shape index (κ1) is 15.4. The number of halogens is 1. The zero-order chi connectivity index (χ0) is 15.4. The van der Waals surface area contributed by atoms with Gasteiger partial charge in [-0.2, -0.15) is 5.10 Å². The van der Waals surface area contributed by atoms with Crippen molar-refractivity contribution >= 4 is 21.8 Å². The molecule has 7 heteroatoms. The van der Waals surface area contributed by atoms with Crippen LogP contribution in [0.1, 0.15) is 16.1 Å². The van der Waals surface area contributed by atoms with Gasteiger partial charge >= 0.3 is 0 Å². The van der Waals surface area contributed by atoms with Crippen molar-refractivity contribution in [1.82, 2.24) is 15.1 Å². The monoisotopic (exact) mass is 353 g/mol. The minimum Gasteiger partial charge on any atom is -0.493 e. The third-order valence-corrected chi connectivity index (χ3v) is 3.74. The molecule has 0 aliphatic carbocycles. The van der Waals surface area contributed by atoms with Crippen molar-refractivity contribution < 1.29 is 14.3 Å². The summed E-state index contributed by atoms with van der Waals surface area (Å²) >= 11 is 3.39. The maximum absolute atomic E-state index is 12.2. The van der Waals surface area contributed by atoms with E-state index in [0.717, 1.165) is 10.2 Å². The van der Waals surface area contributed by atoms with Gasteiger partial charge in [0.05, 0.1) is 37.1 Å². The average molecular weight is 354 g/mol. The molecule has 0 radical (unpaired) electrons. The van der Waals surface area contributed by atoms with Crippen LogP contribution in [0.2, 0.25) is 0 Å². The molecule has 21 heavy (non-hydrogen) atoms. The second kappa shape index (κ2) is 6.62. The molecule has 0 saturated carbocycles. The Kier molecular flexibility index (Phi) is 4.85. The summed E-state index contributed by atoms with van der Waals surface area (Å²) in [5.74, 6) is 0.916. The van der Waals surface area contributed by atoms with Crippen molar-refractivity contribution in [3.8, 4) is 11.5 Å². The summed E-state index contributed by atoms with van der Waals surface area (Å²) < 4.78 is 12.9. The number of aryl methyl sites for hydroxylation is 1. The predicted molar refractivity (Wildman–Crippen MR) is 81.6 cm³/mol. The van der Waals surface area contributed by atoms with Crippen LogP contribution in [0.3, 0.4) is 0 Å². The van der Waals surface area contributed by atoms with Crippen molar-refractivity contribution in [2.75, 3.05) is 14.2 Å². The fraction of sp³-hybridized carbons (Fsp3) is 0.286. The number of nitrogens with zero attached hydrogens (tertiary/aromatic N) is 2. The molecule has 0 atom stereocenters. The van der Waals surface area contributed by atoms with Gasteiger partial charge in [0.2, 0.25) is 0 Å². The number of carbonyl (C=O) groups excluding carboxylic acids is 1. The molecule has 1 N–H and O–H groups in total. The number of amides is 1. The lowest BCUT2D eigenvalue weighted by Gasteiger charge is -2.10. The smallest absolute Gasteiger partial charge is 0.251 e. The number of nitrogens with one attached hydrogen (secondary N) is 1. The molecule has 1 aromatic heterocycles. The van der Waals surface area contributed by atoms with Gasteiger partial charge in [0.15, 0.2) is 11.5 Å². The summed E-state index contributed by atoms with van der Waals surface area (Å²) in [7, 11) is 4.91. The first-order valence-corrected chi connectivity index (χ1v) is 7.02. The first-order chi connectivity index (χ1) is 10.1. The van der Waals surface area contributed by atoms with Gasteiger partial charge in [-0.3, -0.25) is 9.48 Å². The molecule has 0 spiro atoms. The van der Waals surface area contributed by atoms with E-state index in [2.05, 4.69) is 26.3 Å². The molecule has 0 aliphatic rings. The molecule has 0 aliphatic heterocycles. The van der Waals surface area contributed by atoms with Gasteiger partial charge in [-0.05, 0) is 34.1 Å². The van der Waals surface area contributed by atoms with Crippen molar-refractivity contribution in [2.45, 2.75) is 6.54 Å². The second-order valence-corrected chi connectivity index (χ2v) is 5.17. The number of hydrogen-bond donors (Lipinski definition) is 1. The number of benzene rings is 1. The Bertz CT molecular complexity index is 635. The van der Waals surface area contributed by atoms with E-state index in [1.165, 1.54) is 7.11 Å². The lowest BCUT2D eigenvalue weighted by molar-refractivity contribution is 0.0949. The lowest BCUT2D eigenvalue weighted by Crippen LogP contribution is -2.24. The SMILES string of the molecule is COc1ccc(C(=O)NCc2c(Br)cnn2C)cc1OC. The van der Waals surface area contributed by atoms with Crippen LogP contribution < -0.4 is 14.8 Å². The Morgan fingerprint density at radius 3 is 2.62 bits per heavy atom. The maximum atomic E-state index is 12.2. The second-order valence-electron chi connectivity index (χ2n) is 4.32. The van der Waals surface area contributed by atoms with Gasteiger partial charge in [-0.15, -0.1) is 0 Å². The molecular formula is C14H16BrN3O3. The summed E-state index contributed by atoms with van der Waals surface area (Å²) in [4.78, 5) is 12.2. The minimum absolute atomic E-state index is 0.191. The molecule has 0 unspecified atom stereocenters. The molecule has 0 fully saturated rings. The van der Waals surface area contributed by atoms with Crippen LogP contribution in [0.15, 0.2) is 28.9 Å². The highest BCUT2D eigenvalue weighted by Crippen LogP contribution is 2.27. The molecule has 2 aromatic rings. The highest BCUT2D eigenvalue weighted by atomic mass is 79.9. The largest absolute Gasteiger partial charge is 0.493 e. The van der Waals surface area contributed by atoms with Gasteiger partial charge in [0.25, 0.3) is 5.91 Å². The number of rotatable bonds is 5. The van der Waals surface area contributed by atoms with E-state index in [1.54, 1.807) is 36.2 Å². The summed E-state index contributed by atoms with van der Waals surface area (Å²) in [6, 6.07) is 5.04. The van der Waals surface area contributed by atoms with Crippen LogP contribution in [0, 0.1) is 0 Å². The zero-order valence-electron chi connectivity index (χ0n) is 12.0. The third kappa shape index (κ3) is 3.36. The number of carbonyl (C=O) groups is 1. The van der Waals surface area contributed by atoms with Crippen molar-refractivity contribution in [3.63, 3.8) is 0 Å². The Balaban J connectivity index is 2.10. The van der Waals surface area contributed by atoms with Crippen LogP contribution in [-0.2, 0) is 13.6 Å². The van der Waals surface area contributed by atoms with Gasteiger partial charge in [-0.1, -0.05) is 0 Å². The van der Waals surface area contributed by atoms with Crippen LogP contribution in [0.25, 0.3) is 0 Å².